The molecule has 1 atom stereocenters. The maximum absolute atomic E-state index is 12.4. The molecule has 1 N–H and O–H groups in total. The van der Waals surface area contributed by atoms with Crippen LogP contribution in [0.1, 0.15) is 24.1 Å². The van der Waals surface area contributed by atoms with E-state index in [9.17, 15) is 8.78 Å². The van der Waals surface area contributed by atoms with Crippen LogP contribution in [0.3, 0.4) is 0 Å². The summed E-state index contributed by atoms with van der Waals surface area (Å²) in [6, 6.07) is 15.1. The van der Waals surface area contributed by atoms with Crippen LogP contribution >= 0.6 is 15.9 Å². The lowest BCUT2D eigenvalue weighted by Crippen LogP contribution is -2.19. The van der Waals surface area contributed by atoms with Crippen LogP contribution in [0.25, 0.3) is 0 Å². The zero-order valence-electron chi connectivity index (χ0n) is 11.5. The van der Waals surface area contributed by atoms with E-state index >= 15 is 0 Å². The fourth-order valence-corrected chi connectivity index (χ4v) is 2.43. The van der Waals surface area contributed by atoms with Crippen molar-refractivity contribution in [2.75, 3.05) is 0 Å². The third-order valence-corrected chi connectivity index (χ3v) is 3.63. The Balaban J connectivity index is 2.07. The van der Waals surface area contributed by atoms with Crippen LogP contribution in [0, 0.1) is 0 Å². The number of hydrogen-bond donors (Lipinski definition) is 1. The average molecular weight is 356 g/mol. The number of rotatable bonds is 6. The van der Waals surface area contributed by atoms with E-state index in [1.807, 2.05) is 37.3 Å². The van der Waals surface area contributed by atoms with Gasteiger partial charge in [-0.25, -0.2) is 0 Å². The van der Waals surface area contributed by atoms with Crippen molar-refractivity contribution >= 4 is 15.9 Å². The van der Waals surface area contributed by atoms with Crippen molar-refractivity contribution in [2.45, 2.75) is 26.1 Å². The van der Waals surface area contributed by atoms with E-state index in [1.165, 1.54) is 0 Å². The summed E-state index contributed by atoms with van der Waals surface area (Å²) in [6.45, 7) is -0.352. The van der Waals surface area contributed by atoms with Crippen LogP contribution in [0.15, 0.2) is 53.0 Å². The molecule has 0 fully saturated rings. The molecule has 0 aromatic heterocycles. The summed E-state index contributed by atoms with van der Waals surface area (Å²) < 4.78 is 30.2. The standard InChI is InChI=1S/C16H16BrF2NO/c1-11(12-5-3-2-4-6-12)20-10-13-9-14(17)7-8-15(13)21-16(18)19/h2-9,11,16,20H,10H2,1H3. The van der Waals surface area contributed by atoms with Gasteiger partial charge in [-0.2, -0.15) is 8.78 Å². The highest BCUT2D eigenvalue weighted by Gasteiger charge is 2.11. The Morgan fingerprint density at radius 3 is 2.52 bits per heavy atom. The van der Waals surface area contributed by atoms with Gasteiger partial charge < -0.3 is 10.1 Å². The topological polar surface area (TPSA) is 21.3 Å². The van der Waals surface area contributed by atoms with Crippen molar-refractivity contribution < 1.29 is 13.5 Å². The van der Waals surface area contributed by atoms with E-state index in [0.29, 0.717) is 12.1 Å². The molecule has 0 saturated carbocycles. The Morgan fingerprint density at radius 1 is 1.14 bits per heavy atom. The van der Waals surface area contributed by atoms with E-state index in [2.05, 4.69) is 26.0 Å². The third kappa shape index (κ3) is 4.79. The predicted molar refractivity (Wildman–Crippen MR) is 82.5 cm³/mol. The number of ether oxygens (including phenoxy) is 1. The van der Waals surface area contributed by atoms with E-state index in [1.54, 1.807) is 18.2 Å². The molecule has 21 heavy (non-hydrogen) atoms. The lowest BCUT2D eigenvalue weighted by molar-refractivity contribution is -0.0505. The van der Waals surface area contributed by atoms with E-state index in [0.717, 1.165) is 10.0 Å². The summed E-state index contributed by atoms with van der Waals surface area (Å²) in [5.74, 6) is 0.195. The highest BCUT2D eigenvalue weighted by atomic mass is 79.9. The minimum absolute atomic E-state index is 0.115. The minimum atomic E-state index is -2.82. The quantitative estimate of drug-likeness (QED) is 0.795. The number of benzene rings is 2. The molecule has 0 aliphatic rings. The molecule has 1 unspecified atom stereocenters. The van der Waals surface area contributed by atoms with Crippen LogP contribution in [-0.2, 0) is 6.54 Å². The maximum atomic E-state index is 12.4. The first-order chi connectivity index (χ1) is 10.1. The molecule has 2 aromatic carbocycles. The summed E-state index contributed by atoms with van der Waals surface area (Å²) in [5.41, 5.74) is 1.83. The van der Waals surface area contributed by atoms with Gasteiger partial charge in [0.2, 0.25) is 0 Å². The molecule has 2 nitrogen and oxygen atoms in total. The number of halogens is 3. The Kier molecular flexibility index (Phi) is 5.70. The summed E-state index contributed by atoms with van der Waals surface area (Å²) in [7, 11) is 0. The van der Waals surface area contributed by atoms with Crippen molar-refractivity contribution in [3.05, 3.63) is 64.1 Å². The van der Waals surface area contributed by atoms with Crippen LogP contribution in [-0.4, -0.2) is 6.61 Å². The van der Waals surface area contributed by atoms with Gasteiger partial charge in [-0.3, -0.25) is 0 Å². The molecule has 0 radical (unpaired) electrons. The molecule has 0 saturated heterocycles. The molecule has 0 heterocycles. The molecule has 5 heteroatoms. The fourth-order valence-electron chi connectivity index (χ4n) is 2.02. The van der Waals surface area contributed by atoms with Gasteiger partial charge in [-0.1, -0.05) is 46.3 Å². The normalized spacial score (nSPS) is 12.4. The molecule has 0 aliphatic heterocycles. The fraction of sp³-hybridized carbons (Fsp3) is 0.250. The second-order valence-electron chi connectivity index (χ2n) is 4.64. The highest BCUT2D eigenvalue weighted by molar-refractivity contribution is 9.10. The Bertz CT molecular complexity index is 578. The Hall–Kier alpha value is -1.46. The van der Waals surface area contributed by atoms with E-state index in [-0.39, 0.29) is 11.8 Å². The Labute approximate surface area is 131 Å². The number of alkyl halides is 2. The van der Waals surface area contributed by atoms with Crippen molar-refractivity contribution in [1.82, 2.24) is 5.32 Å². The molecule has 0 bridgehead atoms. The second kappa shape index (κ2) is 7.52. The monoisotopic (exact) mass is 355 g/mol. The van der Waals surface area contributed by atoms with E-state index < -0.39 is 6.61 Å². The predicted octanol–water partition coefficient (Wildman–Crippen LogP) is 4.90. The first-order valence-electron chi connectivity index (χ1n) is 6.58. The van der Waals surface area contributed by atoms with Crippen LogP contribution in [0.5, 0.6) is 5.75 Å². The van der Waals surface area contributed by atoms with E-state index in [4.69, 9.17) is 0 Å². The second-order valence-corrected chi connectivity index (χ2v) is 5.56. The molecule has 112 valence electrons. The number of hydrogen-bond acceptors (Lipinski definition) is 2. The number of nitrogens with one attached hydrogen (secondary N) is 1. The van der Waals surface area contributed by atoms with Crippen LogP contribution in [0.2, 0.25) is 0 Å². The lowest BCUT2D eigenvalue weighted by Gasteiger charge is -2.16. The van der Waals surface area contributed by atoms with Gasteiger partial charge in [0.1, 0.15) is 5.75 Å². The van der Waals surface area contributed by atoms with Gasteiger partial charge in [0.25, 0.3) is 0 Å². The Morgan fingerprint density at radius 2 is 1.86 bits per heavy atom. The zero-order chi connectivity index (χ0) is 15.2. The molecule has 2 rings (SSSR count). The van der Waals surface area contributed by atoms with Crippen LogP contribution < -0.4 is 10.1 Å². The maximum Gasteiger partial charge on any atom is 0.387 e. The first-order valence-corrected chi connectivity index (χ1v) is 7.37. The van der Waals surface area contributed by atoms with Crippen LogP contribution in [0.4, 0.5) is 8.78 Å². The SMILES string of the molecule is CC(NCc1cc(Br)ccc1OC(F)F)c1ccccc1. The summed E-state index contributed by atoms with van der Waals surface area (Å²) >= 11 is 3.34. The summed E-state index contributed by atoms with van der Waals surface area (Å²) in [4.78, 5) is 0. The van der Waals surface area contributed by atoms with Gasteiger partial charge in [-0.05, 0) is 30.7 Å². The van der Waals surface area contributed by atoms with Crippen molar-refractivity contribution in [1.29, 1.82) is 0 Å². The largest absolute Gasteiger partial charge is 0.434 e. The minimum Gasteiger partial charge on any atom is -0.434 e. The summed E-state index contributed by atoms with van der Waals surface area (Å²) in [6.07, 6.45) is 0. The van der Waals surface area contributed by atoms with Gasteiger partial charge in [0, 0.05) is 22.6 Å². The van der Waals surface area contributed by atoms with Gasteiger partial charge in [0.05, 0.1) is 0 Å². The third-order valence-electron chi connectivity index (χ3n) is 3.14. The molecular weight excluding hydrogens is 340 g/mol. The zero-order valence-corrected chi connectivity index (χ0v) is 13.1. The molecule has 0 amide bonds. The molecule has 2 aromatic rings. The average Bonchev–Trinajstić information content (AvgIpc) is 2.47. The van der Waals surface area contributed by atoms with Gasteiger partial charge in [-0.15, -0.1) is 0 Å². The molecule has 0 spiro atoms. The van der Waals surface area contributed by atoms with Crippen molar-refractivity contribution in [2.24, 2.45) is 0 Å². The summed E-state index contributed by atoms with van der Waals surface area (Å²) in [5, 5.41) is 3.31. The smallest absolute Gasteiger partial charge is 0.387 e. The molecular formula is C16H16BrF2NO. The first kappa shape index (κ1) is 15.9. The van der Waals surface area contributed by atoms with Gasteiger partial charge in [0.15, 0.2) is 0 Å². The highest BCUT2D eigenvalue weighted by Crippen LogP contribution is 2.25. The van der Waals surface area contributed by atoms with Gasteiger partial charge >= 0.3 is 6.61 Å². The molecule has 0 aliphatic carbocycles. The van der Waals surface area contributed by atoms with Crippen molar-refractivity contribution in [3.63, 3.8) is 0 Å². The lowest BCUT2D eigenvalue weighted by atomic mass is 10.1. The van der Waals surface area contributed by atoms with Crippen molar-refractivity contribution in [3.8, 4) is 5.75 Å².